The fraction of sp³-hybridized carbons (Fsp3) is 0.0690. The molecule has 1 N–H and O–H groups in total. The van der Waals surface area contributed by atoms with Gasteiger partial charge in [-0.25, -0.2) is 0 Å². The minimum atomic E-state index is -0.119. The van der Waals surface area contributed by atoms with Gasteiger partial charge in [0.05, 0.1) is 5.71 Å². The van der Waals surface area contributed by atoms with Crippen molar-refractivity contribution in [1.29, 1.82) is 0 Å². The highest BCUT2D eigenvalue weighted by Gasteiger charge is 2.19. The quantitative estimate of drug-likeness (QED) is 0.400. The summed E-state index contributed by atoms with van der Waals surface area (Å²) in [5.74, 6) is 0. The van der Waals surface area contributed by atoms with Crippen LogP contribution in [0.25, 0.3) is 16.8 Å². The molecule has 2 nitrogen and oxygen atoms in total. The van der Waals surface area contributed by atoms with Crippen LogP contribution in [0.5, 0.6) is 0 Å². The molecule has 31 heavy (non-hydrogen) atoms. The van der Waals surface area contributed by atoms with E-state index in [-0.39, 0.29) is 6.17 Å². The van der Waals surface area contributed by atoms with E-state index in [1.54, 1.807) is 0 Å². The third kappa shape index (κ3) is 4.19. The van der Waals surface area contributed by atoms with Gasteiger partial charge in [-0.2, -0.15) is 0 Å². The second-order valence-electron chi connectivity index (χ2n) is 7.84. The Morgan fingerprint density at radius 1 is 0.581 bits per heavy atom. The smallest absolute Gasteiger partial charge is 0.145 e. The molecule has 150 valence electrons. The minimum absolute atomic E-state index is 0.119. The van der Waals surface area contributed by atoms with E-state index < -0.39 is 0 Å². The Hall–Kier alpha value is -3.91. The number of allylic oxidation sites excluding steroid dienone is 1. The lowest BCUT2D eigenvalue weighted by Crippen LogP contribution is -2.24. The lowest BCUT2D eigenvalue weighted by atomic mass is 9.99. The van der Waals surface area contributed by atoms with Crippen LogP contribution < -0.4 is 5.32 Å². The van der Waals surface area contributed by atoms with Gasteiger partial charge in [0.15, 0.2) is 0 Å². The number of aliphatic imine (C=N–C) groups is 1. The summed E-state index contributed by atoms with van der Waals surface area (Å²) in [6.45, 7) is 2.11. The Labute approximate surface area is 183 Å². The zero-order valence-corrected chi connectivity index (χ0v) is 17.5. The topological polar surface area (TPSA) is 24.4 Å². The summed E-state index contributed by atoms with van der Waals surface area (Å²) < 4.78 is 0. The first kappa shape index (κ1) is 19.1. The number of nitrogens with one attached hydrogen (secondary N) is 1. The first-order valence-electron chi connectivity index (χ1n) is 10.6. The van der Waals surface area contributed by atoms with E-state index in [1.807, 2.05) is 12.1 Å². The van der Waals surface area contributed by atoms with Crippen molar-refractivity contribution in [3.63, 3.8) is 0 Å². The van der Waals surface area contributed by atoms with E-state index in [0.29, 0.717) is 0 Å². The van der Waals surface area contributed by atoms with Crippen molar-refractivity contribution < 1.29 is 0 Å². The van der Waals surface area contributed by atoms with Gasteiger partial charge in [0.25, 0.3) is 0 Å². The Bertz CT molecular complexity index is 1220. The Kier molecular flexibility index (Phi) is 5.20. The molecule has 0 aromatic heterocycles. The van der Waals surface area contributed by atoms with Gasteiger partial charge in [-0.1, -0.05) is 115 Å². The standard InChI is InChI=1S/C29H24N2/c1-21-12-14-24(15-13-21)27-20-28(31-29(30-27)26-10-6-3-7-11-26)25-18-16-23(17-19-25)22-8-4-2-5-9-22/h2-20,29-30H,1H3. The Balaban J connectivity index is 1.53. The molecule has 0 bridgehead atoms. The molecule has 4 aromatic rings. The van der Waals surface area contributed by atoms with Crippen molar-refractivity contribution >= 4 is 11.4 Å². The predicted molar refractivity (Wildman–Crippen MR) is 130 cm³/mol. The number of hydrogen-bond acceptors (Lipinski definition) is 2. The summed E-state index contributed by atoms with van der Waals surface area (Å²) in [6.07, 6.45) is 2.04. The van der Waals surface area contributed by atoms with Crippen LogP contribution in [-0.2, 0) is 0 Å². The third-order valence-corrected chi connectivity index (χ3v) is 5.61. The second kappa shape index (κ2) is 8.45. The molecule has 0 aliphatic carbocycles. The summed E-state index contributed by atoms with van der Waals surface area (Å²) in [7, 11) is 0. The maximum Gasteiger partial charge on any atom is 0.145 e. The van der Waals surface area contributed by atoms with Crippen molar-refractivity contribution in [2.75, 3.05) is 0 Å². The number of benzene rings is 4. The maximum atomic E-state index is 5.05. The number of hydrogen-bond donors (Lipinski definition) is 1. The number of rotatable bonds is 4. The molecule has 1 aliphatic heterocycles. The fourth-order valence-electron chi connectivity index (χ4n) is 3.85. The molecule has 2 heteroatoms. The van der Waals surface area contributed by atoms with Crippen molar-refractivity contribution in [3.05, 3.63) is 138 Å². The molecule has 1 atom stereocenters. The molecule has 4 aromatic carbocycles. The SMILES string of the molecule is Cc1ccc(C2=CC(c3ccc(-c4ccccc4)cc3)=NC(c3ccccc3)N2)cc1. The molecule has 0 radical (unpaired) electrons. The van der Waals surface area contributed by atoms with Gasteiger partial charge in [-0.3, -0.25) is 4.99 Å². The Morgan fingerprint density at radius 3 is 1.81 bits per heavy atom. The van der Waals surface area contributed by atoms with Crippen LogP contribution in [0.4, 0.5) is 0 Å². The highest BCUT2D eigenvalue weighted by Crippen LogP contribution is 2.27. The lowest BCUT2D eigenvalue weighted by molar-refractivity contribution is 0.664. The average Bonchev–Trinajstić information content (AvgIpc) is 2.85. The first-order chi connectivity index (χ1) is 15.3. The van der Waals surface area contributed by atoms with Crippen molar-refractivity contribution in [1.82, 2.24) is 5.32 Å². The van der Waals surface area contributed by atoms with Crippen LogP contribution >= 0.6 is 0 Å². The molecule has 1 aliphatic rings. The van der Waals surface area contributed by atoms with E-state index in [4.69, 9.17) is 4.99 Å². The average molecular weight is 401 g/mol. The van der Waals surface area contributed by atoms with Crippen LogP contribution in [-0.4, -0.2) is 5.71 Å². The monoisotopic (exact) mass is 400 g/mol. The van der Waals surface area contributed by atoms with Crippen LogP contribution in [0.15, 0.2) is 120 Å². The summed E-state index contributed by atoms with van der Waals surface area (Å²) in [6, 6.07) is 38.2. The lowest BCUT2D eigenvalue weighted by Gasteiger charge is -2.25. The first-order valence-corrected chi connectivity index (χ1v) is 10.6. The van der Waals surface area contributed by atoms with Crippen LogP contribution in [0.3, 0.4) is 0 Å². The van der Waals surface area contributed by atoms with Gasteiger partial charge in [0.1, 0.15) is 6.17 Å². The van der Waals surface area contributed by atoms with Crippen molar-refractivity contribution in [3.8, 4) is 11.1 Å². The van der Waals surface area contributed by atoms with E-state index in [2.05, 4.69) is 115 Å². The molecule has 0 spiro atoms. The molecule has 0 saturated carbocycles. The van der Waals surface area contributed by atoms with E-state index >= 15 is 0 Å². The highest BCUT2D eigenvalue weighted by molar-refractivity contribution is 6.13. The van der Waals surface area contributed by atoms with Gasteiger partial charge in [0.2, 0.25) is 0 Å². The zero-order chi connectivity index (χ0) is 21.0. The summed E-state index contributed by atoms with van der Waals surface area (Å²) in [5.41, 5.74) is 9.20. The molecule has 0 saturated heterocycles. The minimum Gasteiger partial charge on any atom is -0.360 e. The molecular formula is C29H24N2. The van der Waals surface area contributed by atoms with Crippen molar-refractivity contribution in [2.24, 2.45) is 4.99 Å². The van der Waals surface area contributed by atoms with Gasteiger partial charge in [0, 0.05) is 5.70 Å². The summed E-state index contributed by atoms with van der Waals surface area (Å²) >= 11 is 0. The predicted octanol–water partition coefficient (Wildman–Crippen LogP) is 6.79. The second-order valence-corrected chi connectivity index (χ2v) is 7.84. The number of nitrogens with zero attached hydrogens (tertiary/aromatic N) is 1. The van der Waals surface area contributed by atoms with E-state index in [1.165, 1.54) is 22.3 Å². The van der Waals surface area contributed by atoms with Gasteiger partial charge in [-0.15, -0.1) is 0 Å². The third-order valence-electron chi connectivity index (χ3n) is 5.61. The maximum absolute atomic E-state index is 5.05. The molecule has 5 rings (SSSR count). The molecule has 0 fully saturated rings. The van der Waals surface area contributed by atoms with Crippen LogP contribution in [0.1, 0.15) is 28.4 Å². The molecule has 0 amide bonds. The largest absolute Gasteiger partial charge is 0.360 e. The van der Waals surface area contributed by atoms with E-state index in [0.717, 1.165) is 22.5 Å². The number of aryl methyl sites for hydroxylation is 1. The summed E-state index contributed by atoms with van der Waals surface area (Å²) in [4.78, 5) is 5.05. The normalized spacial score (nSPS) is 15.6. The zero-order valence-electron chi connectivity index (χ0n) is 17.5. The molecule has 1 unspecified atom stereocenters. The summed E-state index contributed by atoms with van der Waals surface area (Å²) in [5, 5.41) is 3.62. The van der Waals surface area contributed by atoms with Crippen LogP contribution in [0.2, 0.25) is 0 Å². The highest BCUT2D eigenvalue weighted by atomic mass is 15.1. The van der Waals surface area contributed by atoms with Gasteiger partial charge < -0.3 is 5.32 Å². The molecular weight excluding hydrogens is 376 g/mol. The fourth-order valence-corrected chi connectivity index (χ4v) is 3.85. The van der Waals surface area contributed by atoms with Crippen molar-refractivity contribution in [2.45, 2.75) is 13.1 Å². The van der Waals surface area contributed by atoms with Crippen LogP contribution in [0, 0.1) is 6.92 Å². The van der Waals surface area contributed by atoms with Gasteiger partial charge >= 0.3 is 0 Å². The Morgan fingerprint density at radius 2 is 1.13 bits per heavy atom. The molecule has 1 heterocycles. The van der Waals surface area contributed by atoms with E-state index in [9.17, 15) is 0 Å². The van der Waals surface area contributed by atoms with Gasteiger partial charge in [-0.05, 0) is 40.8 Å².